The second-order valence-corrected chi connectivity index (χ2v) is 20.2. The van der Waals surface area contributed by atoms with Crippen LogP contribution in [-0.4, -0.2) is 28.1 Å². The molecule has 0 saturated carbocycles. The van der Waals surface area contributed by atoms with E-state index in [0.717, 1.165) is 19.3 Å². The van der Waals surface area contributed by atoms with Gasteiger partial charge in [-0.25, -0.2) is 0 Å². The normalized spacial score (nSPS) is 18.9. The summed E-state index contributed by atoms with van der Waals surface area (Å²) >= 11 is 0. The Morgan fingerprint density at radius 1 is 0.618 bits per heavy atom. The van der Waals surface area contributed by atoms with E-state index in [0.29, 0.717) is 6.54 Å². The molecule has 1 aliphatic heterocycles. The summed E-state index contributed by atoms with van der Waals surface area (Å²) < 4.78 is 7.62. The molecule has 5 rings (SSSR count). The van der Waals surface area contributed by atoms with Crippen LogP contribution in [0.4, 0.5) is 0 Å². The molecule has 4 aromatic carbocycles. The standard InChI is InChI=1S/C30H33NOSi2/c31-24-13-14-26-23-25-33(27-15-5-1-6-16-27,28-17-7-2-8-18-28)34(32-26,29-19-9-3-10-20-29)30-21-11-4-12-22-30/h1-12,15-22,26H,13-14,23-25,31H2. The van der Waals surface area contributed by atoms with E-state index >= 15 is 0 Å². The molecule has 0 spiro atoms. The summed E-state index contributed by atoms with van der Waals surface area (Å²) in [5, 5.41) is 5.74. The minimum atomic E-state index is -2.71. The zero-order chi connectivity index (χ0) is 23.3. The predicted molar refractivity (Wildman–Crippen MR) is 148 cm³/mol. The predicted octanol–water partition coefficient (Wildman–Crippen LogP) is 3.62. The van der Waals surface area contributed by atoms with Crippen molar-refractivity contribution in [2.45, 2.75) is 31.4 Å². The van der Waals surface area contributed by atoms with Crippen LogP contribution in [0.5, 0.6) is 0 Å². The van der Waals surface area contributed by atoms with E-state index in [1.807, 2.05) is 0 Å². The molecule has 4 heteroatoms. The van der Waals surface area contributed by atoms with Gasteiger partial charge in [0, 0.05) is 6.10 Å². The first-order chi connectivity index (χ1) is 16.8. The molecule has 172 valence electrons. The molecule has 1 heterocycles. The molecule has 0 bridgehead atoms. The summed E-state index contributed by atoms with van der Waals surface area (Å²) in [4.78, 5) is 0. The Bertz CT molecular complexity index is 1090. The highest BCUT2D eigenvalue weighted by Gasteiger charge is 2.64. The molecule has 2 N–H and O–H groups in total. The molecule has 1 saturated heterocycles. The fraction of sp³-hybridized carbons (Fsp3) is 0.200. The lowest BCUT2D eigenvalue weighted by Gasteiger charge is -2.53. The molecule has 0 radical (unpaired) electrons. The molecule has 1 unspecified atom stereocenters. The molecule has 4 aromatic rings. The van der Waals surface area contributed by atoms with Gasteiger partial charge >= 0.3 is 0 Å². The van der Waals surface area contributed by atoms with Crippen LogP contribution in [0.25, 0.3) is 0 Å². The molecule has 1 aliphatic rings. The zero-order valence-electron chi connectivity index (χ0n) is 19.6. The van der Waals surface area contributed by atoms with Crippen molar-refractivity contribution in [1.82, 2.24) is 0 Å². The highest BCUT2D eigenvalue weighted by molar-refractivity contribution is 7.57. The topological polar surface area (TPSA) is 35.2 Å². The second-order valence-electron chi connectivity index (χ2n) is 9.26. The van der Waals surface area contributed by atoms with Gasteiger partial charge in [-0.1, -0.05) is 132 Å². The van der Waals surface area contributed by atoms with E-state index in [1.165, 1.54) is 26.8 Å². The summed E-state index contributed by atoms with van der Waals surface area (Å²) in [5.74, 6) is 0. The maximum Gasteiger partial charge on any atom is 0.251 e. The first-order valence-corrected chi connectivity index (χ1v) is 17.5. The Morgan fingerprint density at radius 2 is 1.03 bits per heavy atom. The second kappa shape index (κ2) is 10.2. The maximum absolute atomic E-state index is 7.62. The third-order valence-corrected chi connectivity index (χ3v) is 23.4. The van der Waals surface area contributed by atoms with Crippen LogP contribution in [0.15, 0.2) is 121 Å². The Labute approximate surface area is 205 Å². The lowest BCUT2D eigenvalue weighted by Crippen LogP contribution is -2.88. The molecular weight excluding hydrogens is 447 g/mol. The van der Waals surface area contributed by atoms with E-state index < -0.39 is 15.4 Å². The van der Waals surface area contributed by atoms with Crippen molar-refractivity contribution in [2.24, 2.45) is 5.73 Å². The average Bonchev–Trinajstić information content (AvgIpc) is 2.93. The summed E-state index contributed by atoms with van der Waals surface area (Å²) in [7, 11) is -5.10. The minimum absolute atomic E-state index is 0.240. The van der Waals surface area contributed by atoms with Gasteiger partial charge in [0.1, 0.15) is 0 Å². The smallest absolute Gasteiger partial charge is 0.251 e. The van der Waals surface area contributed by atoms with Crippen LogP contribution in [0.3, 0.4) is 0 Å². The average molecular weight is 480 g/mol. The highest BCUT2D eigenvalue weighted by Crippen LogP contribution is 2.35. The molecule has 0 aliphatic carbocycles. The van der Waals surface area contributed by atoms with Gasteiger partial charge in [0.2, 0.25) is 0 Å². The molecule has 1 atom stereocenters. The fourth-order valence-corrected chi connectivity index (χ4v) is 24.2. The Hall–Kier alpha value is -2.77. The van der Waals surface area contributed by atoms with Crippen molar-refractivity contribution in [3.8, 4) is 0 Å². The Balaban J connectivity index is 1.86. The molecule has 0 aromatic heterocycles. The number of nitrogens with two attached hydrogens (primary N) is 1. The lowest BCUT2D eigenvalue weighted by atomic mass is 10.1. The third kappa shape index (κ3) is 3.91. The van der Waals surface area contributed by atoms with E-state index in [-0.39, 0.29) is 6.10 Å². The van der Waals surface area contributed by atoms with Crippen molar-refractivity contribution in [1.29, 1.82) is 0 Å². The van der Waals surface area contributed by atoms with E-state index in [1.54, 1.807) is 0 Å². The number of benzene rings is 4. The first kappa shape index (κ1) is 23.0. The maximum atomic E-state index is 7.62. The highest BCUT2D eigenvalue weighted by atomic mass is 29.3. The third-order valence-electron chi connectivity index (χ3n) is 7.41. The first-order valence-electron chi connectivity index (χ1n) is 12.4. The van der Waals surface area contributed by atoms with Crippen LogP contribution < -0.4 is 26.5 Å². The van der Waals surface area contributed by atoms with Gasteiger partial charge in [0.05, 0.1) is 0 Å². The summed E-state index contributed by atoms with van der Waals surface area (Å²) in [5.41, 5.74) is 5.94. The van der Waals surface area contributed by atoms with Crippen molar-refractivity contribution >= 4 is 36.2 Å². The number of hydrogen-bond acceptors (Lipinski definition) is 2. The Kier molecular flexibility index (Phi) is 6.93. The van der Waals surface area contributed by atoms with Crippen LogP contribution >= 0.6 is 0 Å². The van der Waals surface area contributed by atoms with Gasteiger partial charge in [0.25, 0.3) is 7.83 Å². The van der Waals surface area contributed by atoms with Crippen LogP contribution in [-0.2, 0) is 4.43 Å². The molecule has 0 amide bonds. The van der Waals surface area contributed by atoms with Crippen LogP contribution in [0.1, 0.15) is 19.3 Å². The fourth-order valence-electron chi connectivity index (χ4n) is 5.96. The van der Waals surface area contributed by atoms with Crippen LogP contribution in [0, 0.1) is 0 Å². The van der Waals surface area contributed by atoms with Gasteiger partial charge in [-0.3, -0.25) is 0 Å². The van der Waals surface area contributed by atoms with Gasteiger partial charge in [0.15, 0.2) is 7.59 Å². The van der Waals surface area contributed by atoms with Crippen molar-refractivity contribution in [2.75, 3.05) is 6.54 Å². The summed E-state index contributed by atoms with van der Waals surface area (Å²) in [6, 6.07) is 46.1. The van der Waals surface area contributed by atoms with Crippen molar-refractivity contribution in [3.05, 3.63) is 121 Å². The van der Waals surface area contributed by atoms with Gasteiger partial charge in [-0.05, 0) is 42.2 Å². The SMILES string of the molecule is NCCCC1CC[Si](c2ccccc2)(c2ccccc2)[Si](c2ccccc2)(c2ccccc2)O1. The molecular formula is C30H33NOSi2. The lowest BCUT2D eigenvalue weighted by molar-refractivity contribution is 0.179. The molecule has 1 fully saturated rings. The molecule has 34 heavy (non-hydrogen) atoms. The van der Waals surface area contributed by atoms with E-state index in [9.17, 15) is 0 Å². The quantitative estimate of drug-likeness (QED) is 0.411. The van der Waals surface area contributed by atoms with Crippen LogP contribution in [0.2, 0.25) is 6.04 Å². The zero-order valence-corrected chi connectivity index (χ0v) is 21.6. The summed E-state index contributed by atoms with van der Waals surface area (Å²) in [6.07, 6.45) is 3.36. The monoisotopic (exact) mass is 479 g/mol. The van der Waals surface area contributed by atoms with E-state index in [4.69, 9.17) is 10.2 Å². The van der Waals surface area contributed by atoms with Crippen molar-refractivity contribution < 1.29 is 4.43 Å². The Morgan fingerprint density at radius 3 is 1.44 bits per heavy atom. The van der Waals surface area contributed by atoms with Gasteiger partial charge in [-0.15, -0.1) is 0 Å². The number of hydrogen-bond donors (Lipinski definition) is 1. The van der Waals surface area contributed by atoms with Crippen molar-refractivity contribution in [3.63, 3.8) is 0 Å². The van der Waals surface area contributed by atoms with Gasteiger partial charge < -0.3 is 10.2 Å². The summed E-state index contributed by atoms with van der Waals surface area (Å²) in [6.45, 7) is 0.713. The molecule has 2 nitrogen and oxygen atoms in total. The largest absolute Gasteiger partial charge is 0.407 e. The number of rotatable bonds is 7. The van der Waals surface area contributed by atoms with Gasteiger partial charge in [-0.2, -0.15) is 0 Å². The van der Waals surface area contributed by atoms with E-state index in [2.05, 4.69) is 121 Å². The minimum Gasteiger partial charge on any atom is -0.407 e.